The van der Waals surface area contributed by atoms with E-state index in [1.54, 1.807) is 29.0 Å². The SMILES string of the molecule is C=C(Cn1ccc(N)c1C#N)c1ccc(C(=O)OC(C)(C)C)cc1. The summed E-state index contributed by atoms with van der Waals surface area (Å²) in [6.45, 7) is 9.99. The summed E-state index contributed by atoms with van der Waals surface area (Å²) in [6, 6.07) is 10.8. The topological polar surface area (TPSA) is 81.0 Å². The first-order valence-electron chi connectivity index (χ1n) is 7.57. The quantitative estimate of drug-likeness (QED) is 0.871. The van der Waals surface area contributed by atoms with Gasteiger partial charge in [-0.25, -0.2) is 4.79 Å². The Morgan fingerprint density at radius 3 is 2.38 bits per heavy atom. The monoisotopic (exact) mass is 323 g/mol. The van der Waals surface area contributed by atoms with Gasteiger partial charge in [-0.05, 0) is 50.1 Å². The highest BCUT2D eigenvalue weighted by Gasteiger charge is 2.17. The molecule has 0 amide bonds. The van der Waals surface area contributed by atoms with Gasteiger partial charge in [0.25, 0.3) is 0 Å². The number of carbonyl (C=O) groups excluding carboxylic acids is 1. The summed E-state index contributed by atoms with van der Waals surface area (Å²) < 4.78 is 7.09. The van der Waals surface area contributed by atoms with Crippen molar-refractivity contribution >= 4 is 17.2 Å². The number of aromatic nitrogens is 1. The fourth-order valence-corrected chi connectivity index (χ4v) is 2.23. The van der Waals surface area contributed by atoms with Crippen LogP contribution in [0.1, 0.15) is 42.4 Å². The van der Waals surface area contributed by atoms with Crippen molar-refractivity contribution in [3.05, 3.63) is 59.9 Å². The molecule has 0 spiro atoms. The van der Waals surface area contributed by atoms with Crippen molar-refractivity contribution in [2.24, 2.45) is 0 Å². The highest BCUT2D eigenvalue weighted by atomic mass is 16.6. The molecule has 0 radical (unpaired) electrons. The molecule has 1 heterocycles. The first-order chi connectivity index (χ1) is 11.2. The number of hydrogen-bond acceptors (Lipinski definition) is 4. The number of nitrogen functional groups attached to an aromatic ring is 1. The van der Waals surface area contributed by atoms with Gasteiger partial charge in [-0.15, -0.1) is 0 Å². The number of rotatable bonds is 4. The third-order valence-electron chi connectivity index (χ3n) is 3.39. The van der Waals surface area contributed by atoms with Crippen LogP contribution in [0.4, 0.5) is 5.69 Å². The molecule has 0 aliphatic heterocycles. The van der Waals surface area contributed by atoms with Crippen LogP contribution in [0.5, 0.6) is 0 Å². The van der Waals surface area contributed by atoms with Crippen LogP contribution in [-0.4, -0.2) is 16.1 Å². The number of nitriles is 1. The summed E-state index contributed by atoms with van der Waals surface area (Å²) in [7, 11) is 0. The van der Waals surface area contributed by atoms with Crippen LogP contribution in [0.2, 0.25) is 0 Å². The first-order valence-corrected chi connectivity index (χ1v) is 7.57. The van der Waals surface area contributed by atoms with E-state index >= 15 is 0 Å². The predicted octanol–water partition coefficient (Wildman–Crippen LogP) is 3.61. The van der Waals surface area contributed by atoms with E-state index in [2.05, 4.69) is 12.6 Å². The molecule has 24 heavy (non-hydrogen) atoms. The van der Waals surface area contributed by atoms with Gasteiger partial charge in [0.1, 0.15) is 17.4 Å². The minimum atomic E-state index is -0.526. The maximum atomic E-state index is 12.0. The number of nitrogens with zero attached hydrogens (tertiary/aromatic N) is 2. The minimum Gasteiger partial charge on any atom is -0.456 e. The molecule has 2 aromatic rings. The number of esters is 1. The molecule has 2 N–H and O–H groups in total. The average Bonchev–Trinajstić information content (AvgIpc) is 2.85. The van der Waals surface area contributed by atoms with Gasteiger partial charge in [-0.1, -0.05) is 18.7 Å². The molecule has 0 unspecified atom stereocenters. The molecule has 0 saturated carbocycles. The van der Waals surface area contributed by atoms with Crippen LogP contribution in [0.15, 0.2) is 43.1 Å². The van der Waals surface area contributed by atoms with Crippen LogP contribution in [0.3, 0.4) is 0 Å². The number of anilines is 1. The summed E-state index contributed by atoms with van der Waals surface area (Å²) in [5.41, 5.74) is 8.28. The summed E-state index contributed by atoms with van der Waals surface area (Å²) in [4.78, 5) is 12.0. The smallest absolute Gasteiger partial charge is 0.338 e. The third kappa shape index (κ3) is 4.05. The Kier molecular flexibility index (Phi) is 4.79. The summed E-state index contributed by atoms with van der Waals surface area (Å²) in [5.74, 6) is -0.357. The first kappa shape index (κ1) is 17.4. The van der Waals surface area contributed by atoms with Crippen LogP contribution >= 0.6 is 0 Å². The van der Waals surface area contributed by atoms with E-state index in [1.165, 1.54) is 0 Å². The van der Waals surface area contributed by atoms with Crippen molar-refractivity contribution in [2.45, 2.75) is 32.9 Å². The van der Waals surface area contributed by atoms with Gasteiger partial charge in [0.05, 0.1) is 11.3 Å². The van der Waals surface area contributed by atoms with Crippen LogP contribution in [-0.2, 0) is 11.3 Å². The number of ether oxygens (including phenoxy) is 1. The minimum absolute atomic E-state index is 0.357. The predicted molar refractivity (Wildman–Crippen MR) is 94.2 cm³/mol. The molecule has 0 fully saturated rings. The molecule has 5 nitrogen and oxygen atoms in total. The highest BCUT2D eigenvalue weighted by Crippen LogP contribution is 2.20. The van der Waals surface area contributed by atoms with Gasteiger partial charge >= 0.3 is 5.97 Å². The molecule has 0 saturated heterocycles. The van der Waals surface area contributed by atoms with Crippen molar-refractivity contribution < 1.29 is 9.53 Å². The van der Waals surface area contributed by atoms with Gasteiger partial charge in [-0.2, -0.15) is 5.26 Å². The molecule has 0 bridgehead atoms. The number of benzene rings is 1. The zero-order chi connectivity index (χ0) is 17.9. The second kappa shape index (κ2) is 6.63. The van der Waals surface area contributed by atoms with E-state index < -0.39 is 5.60 Å². The van der Waals surface area contributed by atoms with Crippen LogP contribution in [0, 0.1) is 11.3 Å². The van der Waals surface area contributed by atoms with Gasteiger partial charge in [0.15, 0.2) is 0 Å². The van der Waals surface area contributed by atoms with Crippen molar-refractivity contribution in [3.8, 4) is 6.07 Å². The maximum Gasteiger partial charge on any atom is 0.338 e. The molecule has 0 aliphatic rings. The Labute approximate surface area is 142 Å². The van der Waals surface area contributed by atoms with Gasteiger partial charge in [0, 0.05) is 12.7 Å². The number of hydrogen-bond donors (Lipinski definition) is 1. The van der Waals surface area contributed by atoms with E-state index in [4.69, 9.17) is 15.7 Å². The average molecular weight is 323 g/mol. The Morgan fingerprint density at radius 2 is 1.83 bits per heavy atom. The van der Waals surface area contributed by atoms with E-state index in [0.717, 1.165) is 11.1 Å². The van der Waals surface area contributed by atoms with Crippen LogP contribution < -0.4 is 5.73 Å². The van der Waals surface area contributed by atoms with E-state index in [0.29, 0.717) is 23.5 Å². The van der Waals surface area contributed by atoms with Gasteiger partial charge in [-0.3, -0.25) is 0 Å². The molecular weight excluding hydrogens is 302 g/mol. The highest BCUT2D eigenvalue weighted by molar-refractivity contribution is 5.90. The van der Waals surface area contributed by atoms with Gasteiger partial charge < -0.3 is 15.0 Å². The lowest BCUT2D eigenvalue weighted by atomic mass is 10.0. The summed E-state index contributed by atoms with van der Waals surface area (Å²) >= 11 is 0. The summed E-state index contributed by atoms with van der Waals surface area (Å²) in [5, 5.41) is 9.13. The fraction of sp³-hybridized carbons (Fsp3) is 0.263. The number of carbonyl (C=O) groups is 1. The lowest BCUT2D eigenvalue weighted by Crippen LogP contribution is -2.23. The largest absolute Gasteiger partial charge is 0.456 e. The fourth-order valence-electron chi connectivity index (χ4n) is 2.23. The third-order valence-corrected chi connectivity index (χ3v) is 3.39. The molecule has 2 rings (SSSR count). The van der Waals surface area contributed by atoms with Crippen molar-refractivity contribution in [3.63, 3.8) is 0 Å². The van der Waals surface area contributed by atoms with Crippen LogP contribution in [0.25, 0.3) is 5.57 Å². The second-order valence-electron chi connectivity index (χ2n) is 6.54. The second-order valence-corrected chi connectivity index (χ2v) is 6.54. The Balaban J connectivity index is 2.12. The molecule has 5 heteroatoms. The number of nitrogens with two attached hydrogens (primary N) is 1. The summed E-state index contributed by atoms with van der Waals surface area (Å²) in [6.07, 6.45) is 1.76. The van der Waals surface area contributed by atoms with E-state index in [1.807, 2.05) is 32.9 Å². The molecule has 1 aromatic heterocycles. The standard InChI is InChI=1S/C19H21N3O2/c1-13(12-22-10-9-16(21)17(22)11-20)14-5-7-15(8-6-14)18(23)24-19(2,3)4/h5-10H,1,12,21H2,2-4H3. The molecular formula is C19H21N3O2. The van der Waals surface area contributed by atoms with E-state index in [9.17, 15) is 4.79 Å². The van der Waals surface area contributed by atoms with Gasteiger partial charge in [0.2, 0.25) is 0 Å². The van der Waals surface area contributed by atoms with Crippen molar-refractivity contribution in [1.29, 1.82) is 5.26 Å². The zero-order valence-electron chi connectivity index (χ0n) is 14.2. The molecule has 124 valence electrons. The number of allylic oxidation sites excluding steroid dienone is 1. The lowest BCUT2D eigenvalue weighted by Gasteiger charge is -2.19. The normalized spacial score (nSPS) is 10.9. The Bertz CT molecular complexity index is 803. The van der Waals surface area contributed by atoms with Crippen molar-refractivity contribution in [1.82, 2.24) is 4.57 Å². The maximum absolute atomic E-state index is 12.0. The Hall–Kier alpha value is -3.00. The lowest BCUT2D eigenvalue weighted by molar-refractivity contribution is 0.00695. The Morgan fingerprint density at radius 1 is 1.25 bits per heavy atom. The molecule has 0 aliphatic carbocycles. The molecule has 1 aromatic carbocycles. The van der Waals surface area contributed by atoms with Crippen molar-refractivity contribution in [2.75, 3.05) is 5.73 Å². The molecule has 0 atom stereocenters. The van der Waals surface area contributed by atoms with E-state index in [-0.39, 0.29) is 5.97 Å². The zero-order valence-corrected chi connectivity index (χ0v) is 14.2.